The Morgan fingerprint density at radius 1 is 1.14 bits per heavy atom. The summed E-state index contributed by atoms with van der Waals surface area (Å²) in [6, 6.07) is 11.4. The molecule has 0 spiro atoms. The second-order valence-electron chi connectivity index (χ2n) is 4.71. The van der Waals surface area contributed by atoms with E-state index in [1.54, 1.807) is 36.4 Å². The number of carbonyl (C=O) groups is 1. The van der Waals surface area contributed by atoms with Crippen molar-refractivity contribution in [1.82, 2.24) is 0 Å². The SMILES string of the molecule is O=C(c1ccc(Cl)c(Cc2ccc(O)cc2)c1)[C@H](O)CO. The number of benzene rings is 2. The molecule has 3 N–H and O–H groups in total. The van der Waals surface area contributed by atoms with Crippen molar-refractivity contribution < 1.29 is 20.1 Å². The molecule has 110 valence electrons. The first kappa shape index (κ1) is 15.5. The fraction of sp³-hybridized carbons (Fsp3) is 0.188. The van der Waals surface area contributed by atoms with Crippen molar-refractivity contribution in [3.8, 4) is 5.75 Å². The van der Waals surface area contributed by atoms with Crippen LogP contribution in [0.15, 0.2) is 42.5 Å². The molecule has 0 aliphatic rings. The van der Waals surface area contributed by atoms with Gasteiger partial charge in [-0.3, -0.25) is 4.79 Å². The average Bonchev–Trinajstić information content (AvgIpc) is 2.50. The number of aromatic hydroxyl groups is 1. The molecule has 4 nitrogen and oxygen atoms in total. The maximum absolute atomic E-state index is 11.9. The number of Topliss-reactive ketones (excluding diaryl/α,β-unsaturated/α-hetero) is 1. The summed E-state index contributed by atoms with van der Waals surface area (Å²) in [6.45, 7) is -0.616. The molecule has 21 heavy (non-hydrogen) atoms. The lowest BCUT2D eigenvalue weighted by Crippen LogP contribution is -2.24. The lowest BCUT2D eigenvalue weighted by molar-refractivity contribution is 0.0587. The maximum atomic E-state index is 11.9. The van der Waals surface area contributed by atoms with Crippen LogP contribution in [0, 0.1) is 0 Å². The molecule has 0 heterocycles. The monoisotopic (exact) mass is 306 g/mol. The minimum Gasteiger partial charge on any atom is -0.508 e. The summed E-state index contributed by atoms with van der Waals surface area (Å²) in [4.78, 5) is 11.9. The summed E-state index contributed by atoms with van der Waals surface area (Å²) in [7, 11) is 0. The van der Waals surface area contributed by atoms with Crippen LogP contribution in [0.1, 0.15) is 21.5 Å². The number of aliphatic hydroxyl groups is 2. The summed E-state index contributed by atoms with van der Waals surface area (Å²) >= 11 is 6.12. The molecular formula is C16H15ClO4. The molecule has 5 heteroatoms. The number of aliphatic hydroxyl groups excluding tert-OH is 2. The minimum atomic E-state index is -1.42. The predicted octanol–water partition coefficient (Wildman–Crippen LogP) is 2.17. The highest BCUT2D eigenvalue weighted by atomic mass is 35.5. The highest BCUT2D eigenvalue weighted by Gasteiger charge is 2.17. The molecule has 2 aromatic rings. The van der Waals surface area contributed by atoms with E-state index in [2.05, 4.69) is 0 Å². The van der Waals surface area contributed by atoms with E-state index in [0.717, 1.165) is 11.1 Å². The van der Waals surface area contributed by atoms with Crippen molar-refractivity contribution >= 4 is 17.4 Å². The van der Waals surface area contributed by atoms with Gasteiger partial charge in [0.2, 0.25) is 0 Å². The van der Waals surface area contributed by atoms with Crippen molar-refractivity contribution in [2.24, 2.45) is 0 Å². The van der Waals surface area contributed by atoms with Gasteiger partial charge in [-0.25, -0.2) is 0 Å². The number of rotatable bonds is 5. The van der Waals surface area contributed by atoms with Crippen LogP contribution >= 0.6 is 11.6 Å². The van der Waals surface area contributed by atoms with Gasteiger partial charge in [-0.1, -0.05) is 23.7 Å². The fourth-order valence-corrected chi connectivity index (χ4v) is 2.16. The lowest BCUT2D eigenvalue weighted by atomic mass is 9.99. The van der Waals surface area contributed by atoms with Gasteiger partial charge >= 0.3 is 0 Å². The number of phenolic OH excluding ortho intramolecular Hbond substituents is 1. The van der Waals surface area contributed by atoms with Crippen LogP contribution in [0.4, 0.5) is 0 Å². The Morgan fingerprint density at radius 2 is 1.81 bits per heavy atom. The molecule has 2 rings (SSSR count). The standard InChI is InChI=1S/C16H15ClO4/c17-14-6-3-11(16(21)15(20)9-18)8-12(14)7-10-1-4-13(19)5-2-10/h1-6,8,15,18-20H,7,9H2/t15-/m1/s1. The summed E-state index contributed by atoms with van der Waals surface area (Å²) in [6.07, 6.45) is -0.928. The first-order valence-electron chi connectivity index (χ1n) is 6.40. The number of ketones is 1. The Hall–Kier alpha value is -1.88. The van der Waals surface area contributed by atoms with Gasteiger partial charge in [-0.05, 0) is 47.9 Å². The first-order chi connectivity index (χ1) is 10.0. The second-order valence-corrected chi connectivity index (χ2v) is 5.12. The van der Waals surface area contributed by atoms with Crippen LogP contribution < -0.4 is 0 Å². The number of halogens is 1. The molecule has 0 bridgehead atoms. The third-order valence-corrected chi connectivity index (χ3v) is 3.51. The van der Waals surface area contributed by atoms with E-state index < -0.39 is 18.5 Å². The molecule has 0 aliphatic heterocycles. The zero-order valence-corrected chi connectivity index (χ0v) is 11.9. The summed E-state index contributed by atoms with van der Waals surface area (Å²) in [5.41, 5.74) is 1.97. The minimum absolute atomic E-state index is 0.180. The van der Waals surface area contributed by atoms with Crippen molar-refractivity contribution in [2.75, 3.05) is 6.61 Å². The van der Waals surface area contributed by atoms with E-state index in [-0.39, 0.29) is 5.75 Å². The molecule has 0 radical (unpaired) electrons. The Balaban J connectivity index is 2.27. The molecule has 0 amide bonds. The third-order valence-electron chi connectivity index (χ3n) is 3.14. The quantitative estimate of drug-likeness (QED) is 0.740. The highest BCUT2D eigenvalue weighted by molar-refractivity contribution is 6.31. The van der Waals surface area contributed by atoms with Crippen LogP contribution in [-0.2, 0) is 6.42 Å². The van der Waals surface area contributed by atoms with Gasteiger partial charge in [0.15, 0.2) is 5.78 Å². The van der Waals surface area contributed by atoms with E-state index in [1.165, 1.54) is 6.07 Å². The fourth-order valence-electron chi connectivity index (χ4n) is 1.97. The van der Waals surface area contributed by atoms with Gasteiger partial charge in [-0.2, -0.15) is 0 Å². The number of hydrogen-bond donors (Lipinski definition) is 3. The van der Waals surface area contributed by atoms with Crippen molar-refractivity contribution in [3.63, 3.8) is 0 Å². The molecule has 0 unspecified atom stereocenters. The zero-order valence-electron chi connectivity index (χ0n) is 11.2. The number of carbonyl (C=O) groups excluding carboxylic acids is 1. The maximum Gasteiger partial charge on any atom is 0.193 e. The van der Waals surface area contributed by atoms with Crippen LogP contribution in [0.5, 0.6) is 5.75 Å². The second kappa shape index (κ2) is 6.72. The van der Waals surface area contributed by atoms with Gasteiger partial charge in [0.25, 0.3) is 0 Å². The Morgan fingerprint density at radius 3 is 2.43 bits per heavy atom. The molecule has 1 atom stereocenters. The van der Waals surface area contributed by atoms with E-state index in [4.69, 9.17) is 16.7 Å². The van der Waals surface area contributed by atoms with Gasteiger partial charge in [0.05, 0.1) is 6.61 Å². The van der Waals surface area contributed by atoms with Crippen LogP contribution in [-0.4, -0.2) is 33.8 Å². The van der Waals surface area contributed by atoms with E-state index in [0.29, 0.717) is 17.0 Å². The number of phenols is 1. The smallest absolute Gasteiger partial charge is 0.193 e. The van der Waals surface area contributed by atoms with E-state index >= 15 is 0 Å². The largest absolute Gasteiger partial charge is 0.508 e. The zero-order chi connectivity index (χ0) is 15.4. The van der Waals surface area contributed by atoms with Crippen molar-refractivity contribution in [1.29, 1.82) is 0 Å². The molecule has 0 saturated carbocycles. The first-order valence-corrected chi connectivity index (χ1v) is 6.78. The average molecular weight is 307 g/mol. The summed E-state index contributed by atoms with van der Waals surface area (Å²) < 4.78 is 0. The molecular weight excluding hydrogens is 292 g/mol. The van der Waals surface area contributed by atoms with Gasteiger partial charge < -0.3 is 15.3 Å². The number of hydrogen-bond acceptors (Lipinski definition) is 4. The van der Waals surface area contributed by atoms with E-state index in [9.17, 15) is 15.0 Å². The van der Waals surface area contributed by atoms with Crippen molar-refractivity contribution in [3.05, 3.63) is 64.2 Å². The van der Waals surface area contributed by atoms with E-state index in [1.807, 2.05) is 0 Å². The Kier molecular flexibility index (Phi) is 4.96. The highest BCUT2D eigenvalue weighted by Crippen LogP contribution is 2.22. The Labute approximate surface area is 127 Å². The molecule has 0 aromatic heterocycles. The molecule has 0 fully saturated rings. The summed E-state index contributed by atoms with van der Waals surface area (Å²) in [5, 5.41) is 28.0. The van der Waals surface area contributed by atoms with Crippen LogP contribution in [0.2, 0.25) is 5.02 Å². The third kappa shape index (κ3) is 3.82. The normalized spacial score (nSPS) is 12.1. The van der Waals surface area contributed by atoms with Crippen LogP contribution in [0.3, 0.4) is 0 Å². The molecule has 2 aromatic carbocycles. The summed E-state index contributed by atoms with van der Waals surface area (Å²) in [5.74, 6) is -0.360. The van der Waals surface area contributed by atoms with Gasteiger partial charge in [0, 0.05) is 10.6 Å². The lowest BCUT2D eigenvalue weighted by Gasteiger charge is -2.10. The van der Waals surface area contributed by atoms with Crippen LogP contribution in [0.25, 0.3) is 0 Å². The molecule has 0 saturated heterocycles. The van der Waals surface area contributed by atoms with Crippen molar-refractivity contribution in [2.45, 2.75) is 12.5 Å². The van der Waals surface area contributed by atoms with Gasteiger partial charge in [0.1, 0.15) is 11.9 Å². The predicted molar refractivity (Wildman–Crippen MR) is 79.8 cm³/mol. The molecule has 0 aliphatic carbocycles. The van der Waals surface area contributed by atoms with Gasteiger partial charge in [-0.15, -0.1) is 0 Å². The topological polar surface area (TPSA) is 77.8 Å². The Bertz CT molecular complexity index is 637.